The van der Waals surface area contributed by atoms with E-state index in [0.717, 1.165) is 30.6 Å². The third-order valence-corrected chi connectivity index (χ3v) is 2.53. The van der Waals surface area contributed by atoms with Gasteiger partial charge in [0, 0.05) is 6.54 Å². The zero-order valence-electron chi connectivity index (χ0n) is 10.2. The molecule has 4 heteroatoms. The number of hydrogen-bond acceptors (Lipinski definition) is 3. The van der Waals surface area contributed by atoms with Crippen LogP contribution in [0, 0.1) is 12.7 Å². The molecule has 0 bridgehead atoms. The molecular weight excluding hydrogens is 221 g/mol. The van der Waals surface area contributed by atoms with Crippen LogP contribution in [0.4, 0.5) is 4.39 Å². The van der Waals surface area contributed by atoms with Gasteiger partial charge < -0.3 is 15.2 Å². The number of aryl methyl sites for hydroxylation is 1. The first kappa shape index (κ1) is 14.1. The van der Waals surface area contributed by atoms with Crippen LogP contribution in [-0.4, -0.2) is 38.0 Å². The minimum atomic E-state index is -0.184. The normalized spacial score (nSPS) is 10.8. The predicted molar refractivity (Wildman–Crippen MR) is 65.6 cm³/mol. The second-order valence-electron chi connectivity index (χ2n) is 3.91. The predicted octanol–water partition coefficient (Wildman–Crippen LogP) is 1.28. The highest BCUT2D eigenvalue weighted by molar-refractivity contribution is 5.26. The van der Waals surface area contributed by atoms with Crippen molar-refractivity contribution in [1.29, 1.82) is 0 Å². The summed E-state index contributed by atoms with van der Waals surface area (Å²) in [5.41, 5.74) is 2.15. The van der Waals surface area contributed by atoms with Crippen LogP contribution in [0.2, 0.25) is 0 Å². The molecule has 3 nitrogen and oxygen atoms in total. The molecule has 0 amide bonds. The van der Waals surface area contributed by atoms with E-state index in [1.807, 2.05) is 13.0 Å². The van der Waals surface area contributed by atoms with E-state index in [9.17, 15) is 4.39 Å². The quantitative estimate of drug-likeness (QED) is 0.674. The molecule has 96 valence electrons. The summed E-state index contributed by atoms with van der Waals surface area (Å²) in [4.78, 5) is 0. The molecule has 0 fully saturated rings. The van der Waals surface area contributed by atoms with E-state index in [2.05, 4.69) is 5.32 Å². The number of halogens is 1. The second-order valence-corrected chi connectivity index (χ2v) is 3.91. The first-order valence-electron chi connectivity index (χ1n) is 5.88. The molecule has 0 atom stereocenters. The van der Waals surface area contributed by atoms with Gasteiger partial charge in [0.25, 0.3) is 0 Å². The molecule has 0 saturated carbocycles. The van der Waals surface area contributed by atoms with Gasteiger partial charge in [-0.25, -0.2) is 4.39 Å². The summed E-state index contributed by atoms with van der Waals surface area (Å²) in [7, 11) is 0. The molecule has 1 aromatic carbocycles. The highest BCUT2D eigenvalue weighted by Crippen LogP contribution is 2.10. The van der Waals surface area contributed by atoms with Crippen molar-refractivity contribution in [1.82, 2.24) is 5.32 Å². The van der Waals surface area contributed by atoms with Crippen LogP contribution in [0.15, 0.2) is 18.2 Å². The average molecular weight is 241 g/mol. The minimum Gasteiger partial charge on any atom is -0.394 e. The number of aliphatic hydroxyl groups excluding tert-OH is 1. The molecule has 1 rings (SSSR count). The summed E-state index contributed by atoms with van der Waals surface area (Å²) in [6, 6.07) is 4.88. The molecule has 0 aliphatic rings. The van der Waals surface area contributed by atoms with E-state index in [1.165, 1.54) is 6.07 Å². The maximum Gasteiger partial charge on any atom is 0.123 e. The smallest absolute Gasteiger partial charge is 0.123 e. The topological polar surface area (TPSA) is 41.5 Å². The number of benzene rings is 1. The summed E-state index contributed by atoms with van der Waals surface area (Å²) in [5, 5.41) is 11.7. The van der Waals surface area contributed by atoms with Crippen molar-refractivity contribution in [3.8, 4) is 0 Å². The van der Waals surface area contributed by atoms with Crippen LogP contribution >= 0.6 is 0 Å². The maximum absolute atomic E-state index is 12.9. The zero-order chi connectivity index (χ0) is 12.5. The summed E-state index contributed by atoms with van der Waals surface area (Å²) in [6.07, 6.45) is 0.881. The Morgan fingerprint density at radius 3 is 2.82 bits per heavy atom. The van der Waals surface area contributed by atoms with Gasteiger partial charge >= 0.3 is 0 Å². The van der Waals surface area contributed by atoms with Gasteiger partial charge in [0.05, 0.1) is 19.8 Å². The monoisotopic (exact) mass is 241 g/mol. The van der Waals surface area contributed by atoms with Crippen LogP contribution in [0.5, 0.6) is 0 Å². The first-order valence-corrected chi connectivity index (χ1v) is 5.88. The second kappa shape index (κ2) is 8.17. The van der Waals surface area contributed by atoms with E-state index in [0.29, 0.717) is 13.2 Å². The first-order chi connectivity index (χ1) is 8.24. The van der Waals surface area contributed by atoms with Crippen molar-refractivity contribution in [2.75, 3.05) is 32.9 Å². The van der Waals surface area contributed by atoms with Crippen LogP contribution < -0.4 is 5.32 Å². The Bertz CT molecular complexity index is 331. The molecule has 17 heavy (non-hydrogen) atoms. The fourth-order valence-corrected chi connectivity index (χ4v) is 1.60. The van der Waals surface area contributed by atoms with Crippen molar-refractivity contribution in [2.24, 2.45) is 0 Å². The van der Waals surface area contributed by atoms with Crippen LogP contribution in [0.1, 0.15) is 11.1 Å². The molecule has 0 saturated heterocycles. The molecule has 0 heterocycles. The fraction of sp³-hybridized carbons (Fsp3) is 0.538. The fourth-order valence-electron chi connectivity index (χ4n) is 1.60. The van der Waals surface area contributed by atoms with Gasteiger partial charge in [-0.05, 0) is 43.1 Å². The Morgan fingerprint density at radius 1 is 1.29 bits per heavy atom. The van der Waals surface area contributed by atoms with E-state index in [1.54, 1.807) is 6.07 Å². The third kappa shape index (κ3) is 5.77. The molecule has 0 aromatic heterocycles. The van der Waals surface area contributed by atoms with Gasteiger partial charge in [0.2, 0.25) is 0 Å². The Hall–Kier alpha value is -0.970. The Kier molecular flexibility index (Phi) is 6.77. The number of nitrogens with one attached hydrogen (secondary N) is 1. The molecule has 0 aliphatic carbocycles. The Morgan fingerprint density at radius 2 is 2.12 bits per heavy atom. The van der Waals surface area contributed by atoms with E-state index >= 15 is 0 Å². The Labute approximate surface area is 102 Å². The lowest BCUT2D eigenvalue weighted by Gasteiger charge is -2.07. The lowest BCUT2D eigenvalue weighted by Crippen LogP contribution is -2.23. The zero-order valence-corrected chi connectivity index (χ0v) is 10.2. The van der Waals surface area contributed by atoms with Gasteiger partial charge in [-0.15, -0.1) is 0 Å². The highest BCUT2D eigenvalue weighted by atomic mass is 19.1. The molecule has 0 unspecified atom stereocenters. The molecule has 0 spiro atoms. The number of aliphatic hydroxyl groups is 1. The van der Waals surface area contributed by atoms with Crippen molar-refractivity contribution < 1.29 is 14.2 Å². The standard InChI is InChI=1S/C13H20FNO2/c1-11-10-13(14)3-2-12(11)4-5-15-6-8-17-9-7-16/h2-3,10,15-16H,4-9H2,1H3. The molecular formula is C13H20FNO2. The van der Waals surface area contributed by atoms with Gasteiger partial charge in [0.1, 0.15) is 5.82 Å². The van der Waals surface area contributed by atoms with E-state index in [-0.39, 0.29) is 12.4 Å². The maximum atomic E-state index is 12.9. The van der Waals surface area contributed by atoms with Crippen LogP contribution in [0.25, 0.3) is 0 Å². The SMILES string of the molecule is Cc1cc(F)ccc1CCNCCOCCO. The number of hydrogen-bond donors (Lipinski definition) is 2. The molecule has 2 N–H and O–H groups in total. The minimum absolute atomic E-state index is 0.0643. The summed E-state index contributed by atoms with van der Waals surface area (Å²) in [5.74, 6) is -0.184. The van der Waals surface area contributed by atoms with Gasteiger partial charge in [-0.3, -0.25) is 0 Å². The lowest BCUT2D eigenvalue weighted by atomic mass is 10.1. The van der Waals surface area contributed by atoms with Gasteiger partial charge in [0.15, 0.2) is 0 Å². The highest BCUT2D eigenvalue weighted by Gasteiger charge is 1.99. The Balaban J connectivity index is 2.14. The third-order valence-electron chi connectivity index (χ3n) is 2.53. The number of rotatable bonds is 8. The van der Waals surface area contributed by atoms with Crippen molar-refractivity contribution in [2.45, 2.75) is 13.3 Å². The van der Waals surface area contributed by atoms with E-state index < -0.39 is 0 Å². The van der Waals surface area contributed by atoms with Crippen molar-refractivity contribution in [3.05, 3.63) is 35.1 Å². The summed E-state index contributed by atoms with van der Waals surface area (Å²) < 4.78 is 18.0. The summed E-state index contributed by atoms with van der Waals surface area (Å²) >= 11 is 0. The molecule has 0 radical (unpaired) electrons. The summed E-state index contributed by atoms with van der Waals surface area (Å²) in [6.45, 7) is 4.58. The van der Waals surface area contributed by atoms with E-state index in [4.69, 9.17) is 9.84 Å². The van der Waals surface area contributed by atoms with Crippen molar-refractivity contribution in [3.63, 3.8) is 0 Å². The lowest BCUT2D eigenvalue weighted by molar-refractivity contribution is 0.0940. The van der Waals surface area contributed by atoms with Crippen molar-refractivity contribution >= 4 is 0 Å². The van der Waals surface area contributed by atoms with Gasteiger partial charge in [-0.1, -0.05) is 6.07 Å². The van der Waals surface area contributed by atoms with Gasteiger partial charge in [-0.2, -0.15) is 0 Å². The average Bonchev–Trinajstić information content (AvgIpc) is 2.30. The molecule has 0 aliphatic heterocycles. The largest absolute Gasteiger partial charge is 0.394 e. The van der Waals surface area contributed by atoms with Crippen LogP contribution in [0.3, 0.4) is 0 Å². The van der Waals surface area contributed by atoms with Crippen LogP contribution in [-0.2, 0) is 11.2 Å². The molecule has 1 aromatic rings. The number of ether oxygens (including phenoxy) is 1.